The maximum absolute atomic E-state index is 11.3. The summed E-state index contributed by atoms with van der Waals surface area (Å²) in [5.74, 6) is 1.56. The summed E-state index contributed by atoms with van der Waals surface area (Å²) < 4.78 is 22.3. The zero-order chi connectivity index (χ0) is 15.0. The van der Waals surface area contributed by atoms with Gasteiger partial charge in [-0.2, -0.15) is 0 Å². The SMILES string of the molecule is CCOc1cccc(CNCCC(C)S(C)=O)c1OC. The van der Waals surface area contributed by atoms with Crippen molar-refractivity contribution in [2.45, 2.75) is 32.1 Å². The van der Waals surface area contributed by atoms with Gasteiger partial charge in [0.1, 0.15) is 0 Å². The summed E-state index contributed by atoms with van der Waals surface area (Å²) in [4.78, 5) is 0. The molecule has 0 amide bonds. The molecule has 0 radical (unpaired) electrons. The molecule has 2 unspecified atom stereocenters. The van der Waals surface area contributed by atoms with Gasteiger partial charge in [-0.25, -0.2) is 0 Å². The van der Waals surface area contributed by atoms with Gasteiger partial charge in [-0.3, -0.25) is 4.21 Å². The third-order valence-electron chi connectivity index (χ3n) is 3.17. The predicted octanol–water partition coefficient (Wildman–Crippen LogP) is 2.34. The van der Waals surface area contributed by atoms with Crippen molar-refractivity contribution in [3.63, 3.8) is 0 Å². The number of para-hydroxylation sites is 1. The number of methoxy groups -OCH3 is 1. The fourth-order valence-electron chi connectivity index (χ4n) is 1.90. The molecule has 0 spiro atoms. The van der Waals surface area contributed by atoms with Gasteiger partial charge < -0.3 is 14.8 Å². The molecule has 1 N–H and O–H groups in total. The molecule has 0 aliphatic rings. The molecule has 0 heterocycles. The van der Waals surface area contributed by atoms with Crippen LogP contribution in [0.1, 0.15) is 25.8 Å². The summed E-state index contributed by atoms with van der Waals surface area (Å²) in [6.45, 7) is 6.13. The third-order valence-corrected chi connectivity index (χ3v) is 4.54. The lowest BCUT2D eigenvalue weighted by Gasteiger charge is -2.14. The van der Waals surface area contributed by atoms with E-state index in [2.05, 4.69) is 5.32 Å². The van der Waals surface area contributed by atoms with E-state index in [-0.39, 0.29) is 5.25 Å². The van der Waals surface area contributed by atoms with Crippen molar-refractivity contribution in [2.24, 2.45) is 0 Å². The second-order valence-electron chi connectivity index (χ2n) is 4.66. The molecule has 0 saturated carbocycles. The molecule has 1 aromatic rings. The van der Waals surface area contributed by atoms with E-state index in [1.165, 1.54) is 0 Å². The van der Waals surface area contributed by atoms with E-state index in [0.717, 1.165) is 30.0 Å². The second kappa shape index (κ2) is 8.97. The first-order valence-corrected chi connectivity index (χ1v) is 8.53. The summed E-state index contributed by atoms with van der Waals surface area (Å²) in [7, 11) is 0.901. The smallest absolute Gasteiger partial charge is 0.165 e. The molecule has 0 bridgehead atoms. The monoisotopic (exact) mass is 299 g/mol. The Morgan fingerprint density at radius 1 is 1.40 bits per heavy atom. The van der Waals surface area contributed by atoms with Crippen molar-refractivity contribution < 1.29 is 13.7 Å². The van der Waals surface area contributed by atoms with Crippen molar-refractivity contribution in [3.8, 4) is 11.5 Å². The minimum Gasteiger partial charge on any atom is -0.493 e. The molecule has 0 fully saturated rings. The molecule has 5 heteroatoms. The molecule has 114 valence electrons. The van der Waals surface area contributed by atoms with Crippen LogP contribution in [-0.2, 0) is 17.3 Å². The van der Waals surface area contributed by atoms with Crippen molar-refractivity contribution in [1.82, 2.24) is 5.32 Å². The molecule has 0 aliphatic carbocycles. The van der Waals surface area contributed by atoms with Crippen LogP contribution in [0.15, 0.2) is 18.2 Å². The van der Waals surface area contributed by atoms with Crippen LogP contribution in [0.2, 0.25) is 0 Å². The van der Waals surface area contributed by atoms with Gasteiger partial charge in [0.05, 0.1) is 13.7 Å². The van der Waals surface area contributed by atoms with E-state index in [4.69, 9.17) is 9.47 Å². The fourth-order valence-corrected chi connectivity index (χ4v) is 2.35. The minimum absolute atomic E-state index is 0.221. The van der Waals surface area contributed by atoms with Crippen molar-refractivity contribution in [2.75, 3.05) is 26.5 Å². The zero-order valence-corrected chi connectivity index (χ0v) is 13.6. The van der Waals surface area contributed by atoms with Crippen LogP contribution in [0, 0.1) is 0 Å². The van der Waals surface area contributed by atoms with Crippen molar-refractivity contribution in [3.05, 3.63) is 23.8 Å². The lowest BCUT2D eigenvalue weighted by molar-refractivity contribution is 0.308. The first-order chi connectivity index (χ1) is 9.60. The Bertz CT molecular complexity index is 437. The zero-order valence-electron chi connectivity index (χ0n) is 12.8. The maximum Gasteiger partial charge on any atom is 0.165 e. The minimum atomic E-state index is -0.755. The first-order valence-electron chi connectivity index (χ1n) is 6.91. The quantitative estimate of drug-likeness (QED) is 0.711. The molecule has 20 heavy (non-hydrogen) atoms. The van der Waals surface area contributed by atoms with Crippen LogP contribution >= 0.6 is 0 Å². The Balaban J connectivity index is 2.55. The number of hydrogen-bond donors (Lipinski definition) is 1. The Morgan fingerprint density at radius 2 is 2.15 bits per heavy atom. The molecular formula is C15H25NO3S. The Labute approximate surface area is 124 Å². The summed E-state index contributed by atoms with van der Waals surface area (Å²) in [6.07, 6.45) is 2.65. The van der Waals surface area contributed by atoms with Crippen molar-refractivity contribution in [1.29, 1.82) is 0 Å². The number of nitrogens with one attached hydrogen (secondary N) is 1. The summed E-state index contributed by atoms with van der Waals surface area (Å²) in [5.41, 5.74) is 1.07. The molecule has 0 aliphatic heterocycles. The Kier molecular flexibility index (Phi) is 7.62. The van der Waals surface area contributed by atoms with E-state index in [0.29, 0.717) is 13.2 Å². The summed E-state index contributed by atoms with van der Waals surface area (Å²) in [6, 6.07) is 5.90. The van der Waals surface area contributed by atoms with Gasteiger partial charge in [0.2, 0.25) is 0 Å². The Hall–Kier alpha value is -1.07. The number of rotatable bonds is 9. The molecule has 2 atom stereocenters. The molecule has 1 aromatic carbocycles. The van der Waals surface area contributed by atoms with E-state index >= 15 is 0 Å². The Morgan fingerprint density at radius 3 is 2.75 bits per heavy atom. The van der Waals surface area contributed by atoms with Crippen LogP contribution in [0.25, 0.3) is 0 Å². The maximum atomic E-state index is 11.3. The van der Waals surface area contributed by atoms with Gasteiger partial charge in [-0.05, 0) is 26.0 Å². The highest BCUT2D eigenvalue weighted by Crippen LogP contribution is 2.30. The van der Waals surface area contributed by atoms with Crippen LogP contribution in [0.4, 0.5) is 0 Å². The summed E-state index contributed by atoms with van der Waals surface area (Å²) >= 11 is 0. The molecular weight excluding hydrogens is 274 g/mol. The number of benzene rings is 1. The highest BCUT2D eigenvalue weighted by Gasteiger charge is 2.10. The van der Waals surface area contributed by atoms with Crippen LogP contribution in [-0.4, -0.2) is 36.0 Å². The van der Waals surface area contributed by atoms with Crippen molar-refractivity contribution >= 4 is 10.8 Å². The van der Waals surface area contributed by atoms with E-state index in [9.17, 15) is 4.21 Å². The highest BCUT2D eigenvalue weighted by atomic mass is 32.2. The van der Waals surface area contributed by atoms with E-state index < -0.39 is 10.8 Å². The largest absolute Gasteiger partial charge is 0.493 e. The standard InChI is InChI=1S/C15H25NO3S/c1-5-19-14-8-6-7-13(15(14)18-3)11-16-10-9-12(2)20(4)17/h6-8,12,16H,5,9-11H2,1-4H3. The first kappa shape index (κ1) is 17.0. The molecule has 0 saturated heterocycles. The van der Waals surface area contributed by atoms with Crippen LogP contribution in [0.5, 0.6) is 11.5 Å². The molecule has 0 aromatic heterocycles. The van der Waals surface area contributed by atoms with Gasteiger partial charge in [0.25, 0.3) is 0 Å². The number of ether oxygens (including phenoxy) is 2. The third kappa shape index (κ3) is 5.13. The van der Waals surface area contributed by atoms with Crippen LogP contribution < -0.4 is 14.8 Å². The summed E-state index contributed by atoms with van der Waals surface area (Å²) in [5, 5.41) is 3.58. The van der Waals surface area contributed by atoms with E-state index in [1.54, 1.807) is 13.4 Å². The molecule has 1 rings (SSSR count). The normalized spacial score (nSPS) is 13.8. The van der Waals surface area contributed by atoms with Gasteiger partial charge in [-0.15, -0.1) is 0 Å². The average Bonchev–Trinajstić information content (AvgIpc) is 2.43. The van der Waals surface area contributed by atoms with Crippen LogP contribution in [0.3, 0.4) is 0 Å². The van der Waals surface area contributed by atoms with Gasteiger partial charge >= 0.3 is 0 Å². The van der Waals surface area contributed by atoms with E-state index in [1.807, 2.05) is 32.0 Å². The average molecular weight is 299 g/mol. The fraction of sp³-hybridized carbons (Fsp3) is 0.600. The van der Waals surface area contributed by atoms with Gasteiger partial charge in [-0.1, -0.05) is 19.1 Å². The second-order valence-corrected chi connectivity index (χ2v) is 6.46. The predicted molar refractivity (Wildman–Crippen MR) is 84.0 cm³/mol. The topological polar surface area (TPSA) is 47.6 Å². The molecule has 4 nitrogen and oxygen atoms in total. The highest BCUT2D eigenvalue weighted by molar-refractivity contribution is 7.84. The van der Waals surface area contributed by atoms with Gasteiger partial charge in [0.15, 0.2) is 11.5 Å². The number of hydrogen-bond acceptors (Lipinski definition) is 4. The van der Waals surface area contributed by atoms with Gasteiger partial charge in [0, 0.05) is 34.4 Å². The lowest BCUT2D eigenvalue weighted by atomic mass is 10.2. The lowest BCUT2D eigenvalue weighted by Crippen LogP contribution is -2.21.